The van der Waals surface area contributed by atoms with Crippen LogP contribution in [0, 0.1) is 0 Å². The van der Waals surface area contributed by atoms with Gasteiger partial charge in [-0.25, -0.2) is 0 Å². The van der Waals surface area contributed by atoms with Crippen molar-refractivity contribution in [3.05, 3.63) is 0 Å². The summed E-state index contributed by atoms with van der Waals surface area (Å²) in [4.78, 5) is 0. The van der Waals surface area contributed by atoms with E-state index in [4.69, 9.17) is 52.6 Å². The van der Waals surface area contributed by atoms with E-state index in [9.17, 15) is 0 Å². The summed E-state index contributed by atoms with van der Waals surface area (Å²) in [6.07, 6.45) is 0. The molecular formula is H6As2O12S3. The summed E-state index contributed by atoms with van der Waals surface area (Å²) >= 11 is 0. The summed E-state index contributed by atoms with van der Waals surface area (Å²) < 4.78 is 94.8. The van der Waals surface area contributed by atoms with Crippen LogP contribution in [0.15, 0.2) is 0 Å². The topological polar surface area (TPSA) is 224 Å². The van der Waals surface area contributed by atoms with E-state index in [0.29, 0.717) is 0 Å². The maximum Gasteiger partial charge on any atom is 0.394 e. The second kappa shape index (κ2) is 11.8. The smallest absolute Gasteiger partial charge is 0.264 e. The van der Waals surface area contributed by atoms with Crippen molar-refractivity contribution in [1.82, 2.24) is 0 Å². The molecule has 0 aliphatic carbocycles. The van der Waals surface area contributed by atoms with Crippen LogP contribution < -0.4 is 0 Å². The van der Waals surface area contributed by atoms with Crippen molar-refractivity contribution >= 4 is 67.1 Å². The Kier molecular flexibility index (Phi) is 21.2. The van der Waals surface area contributed by atoms with E-state index in [1.54, 1.807) is 0 Å². The van der Waals surface area contributed by atoms with E-state index in [2.05, 4.69) is 0 Å². The maximum atomic E-state index is 8.74. The molecular weight excluding hydrogens is 438 g/mol. The third kappa shape index (κ3) is 6870. The molecule has 0 bridgehead atoms. The van der Waals surface area contributed by atoms with Gasteiger partial charge in [0.25, 0.3) is 0 Å². The molecule has 17 heteroatoms. The predicted molar refractivity (Wildman–Crippen MR) is 54.0 cm³/mol. The van der Waals surface area contributed by atoms with Gasteiger partial charge in [0.05, 0.1) is 0 Å². The summed E-state index contributed by atoms with van der Waals surface area (Å²) in [6, 6.07) is 0. The Hall–Kier alpha value is 0.727. The van der Waals surface area contributed by atoms with Gasteiger partial charge in [-0.3, -0.25) is 27.3 Å². The molecule has 0 unspecified atom stereocenters. The third-order valence-corrected chi connectivity index (χ3v) is 0. The molecule has 0 aliphatic heterocycles. The number of rotatable bonds is 0. The summed E-state index contributed by atoms with van der Waals surface area (Å²) in [5, 5.41) is 0. The molecule has 0 saturated heterocycles. The fourth-order valence-corrected chi connectivity index (χ4v) is 0. The van der Waals surface area contributed by atoms with Gasteiger partial charge in [-0.2, -0.15) is 25.3 Å². The minimum atomic E-state index is -4.67. The van der Waals surface area contributed by atoms with Crippen molar-refractivity contribution in [1.29, 1.82) is 0 Å². The SMILES string of the molecule is O=S(=O)(O)O.O=S(=O)(O)O.O=S(=O)(O)O.[As].[As]. The molecule has 0 rings (SSSR count). The summed E-state index contributed by atoms with van der Waals surface area (Å²) in [6.45, 7) is 0. The number of hydrogen-bond acceptors (Lipinski definition) is 6. The zero-order chi connectivity index (χ0) is 13.5. The van der Waals surface area contributed by atoms with Crippen LogP contribution in [0.2, 0.25) is 0 Å². The molecule has 17 heavy (non-hydrogen) atoms. The molecule has 0 heterocycles. The normalized spacial score (nSPS) is 10.2. The first-order valence-electron chi connectivity index (χ1n) is 2.10. The first kappa shape index (κ1) is 30.6. The van der Waals surface area contributed by atoms with Gasteiger partial charge in [-0.1, -0.05) is 0 Å². The molecule has 6 radical (unpaired) electrons. The van der Waals surface area contributed by atoms with Crippen LogP contribution in [0.25, 0.3) is 0 Å². The Balaban J connectivity index is -0.0000000400. The van der Waals surface area contributed by atoms with Crippen molar-refractivity contribution in [3.8, 4) is 0 Å². The maximum absolute atomic E-state index is 8.74. The van der Waals surface area contributed by atoms with Gasteiger partial charge in [0.15, 0.2) is 0 Å². The van der Waals surface area contributed by atoms with Gasteiger partial charge in [-0.05, 0) is 0 Å². The molecule has 6 N–H and O–H groups in total. The number of hydrogen-bond donors (Lipinski definition) is 6. The zero-order valence-corrected chi connectivity index (χ0v) is 13.5. The summed E-state index contributed by atoms with van der Waals surface area (Å²) in [5.74, 6) is 0. The molecule has 0 fully saturated rings. The monoisotopic (exact) mass is 444 g/mol. The molecule has 0 aromatic heterocycles. The van der Waals surface area contributed by atoms with Crippen molar-refractivity contribution in [2.45, 2.75) is 0 Å². The minimum Gasteiger partial charge on any atom is -0.264 e. The van der Waals surface area contributed by atoms with Crippen LogP contribution in [0.4, 0.5) is 0 Å². The standard InChI is InChI=1S/2As.3H2O4S/c;;3*1-5(2,3)4/h;;3*(H2,1,2,3,4). The first-order valence-corrected chi connectivity index (χ1v) is 6.29. The molecule has 0 spiro atoms. The molecule has 0 atom stereocenters. The fourth-order valence-electron chi connectivity index (χ4n) is 0. The van der Waals surface area contributed by atoms with E-state index in [1.165, 1.54) is 0 Å². The molecule has 0 aromatic rings. The molecule has 0 amide bonds. The largest absolute Gasteiger partial charge is 0.394 e. The Labute approximate surface area is 119 Å². The zero-order valence-electron chi connectivity index (χ0n) is 7.25. The van der Waals surface area contributed by atoms with E-state index >= 15 is 0 Å². The van der Waals surface area contributed by atoms with Crippen molar-refractivity contribution in [2.75, 3.05) is 0 Å². The van der Waals surface area contributed by atoms with E-state index in [-0.39, 0.29) is 35.9 Å². The molecule has 0 saturated carbocycles. The Morgan fingerprint density at radius 2 is 0.412 bits per heavy atom. The first-order chi connectivity index (χ1) is 6.00. The van der Waals surface area contributed by atoms with Crippen LogP contribution in [-0.4, -0.2) is 88.5 Å². The van der Waals surface area contributed by atoms with Gasteiger partial charge in [0, 0.05) is 35.9 Å². The van der Waals surface area contributed by atoms with Gasteiger partial charge < -0.3 is 0 Å². The Bertz CT molecular complexity index is 341. The van der Waals surface area contributed by atoms with Crippen LogP contribution >= 0.6 is 0 Å². The van der Waals surface area contributed by atoms with Crippen LogP contribution in [0.3, 0.4) is 0 Å². The average molecular weight is 444 g/mol. The molecule has 0 aromatic carbocycles. The van der Waals surface area contributed by atoms with Crippen molar-refractivity contribution in [3.63, 3.8) is 0 Å². The van der Waals surface area contributed by atoms with Crippen molar-refractivity contribution < 1.29 is 52.6 Å². The van der Waals surface area contributed by atoms with Crippen LogP contribution in [0.1, 0.15) is 0 Å². The third-order valence-electron chi connectivity index (χ3n) is 0. The van der Waals surface area contributed by atoms with Crippen LogP contribution in [0.5, 0.6) is 0 Å². The molecule has 106 valence electrons. The van der Waals surface area contributed by atoms with Crippen LogP contribution in [-0.2, 0) is 31.2 Å². The summed E-state index contributed by atoms with van der Waals surface area (Å²) in [5.41, 5.74) is 0. The second-order valence-electron chi connectivity index (χ2n) is 1.34. The minimum absolute atomic E-state index is 0. The Morgan fingerprint density at radius 1 is 0.412 bits per heavy atom. The Morgan fingerprint density at radius 3 is 0.412 bits per heavy atom. The molecule has 12 nitrogen and oxygen atoms in total. The van der Waals surface area contributed by atoms with Gasteiger partial charge in [0.1, 0.15) is 0 Å². The van der Waals surface area contributed by atoms with E-state index in [1.807, 2.05) is 0 Å². The fraction of sp³-hybridized carbons (Fsp3) is 0. The van der Waals surface area contributed by atoms with E-state index in [0.717, 1.165) is 0 Å². The second-order valence-corrected chi connectivity index (χ2v) is 4.03. The van der Waals surface area contributed by atoms with Crippen molar-refractivity contribution in [2.24, 2.45) is 0 Å². The average Bonchev–Trinajstić information content (AvgIpc) is 1.41. The van der Waals surface area contributed by atoms with Gasteiger partial charge in [0.2, 0.25) is 0 Å². The van der Waals surface area contributed by atoms with Gasteiger partial charge in [-0.15, -0.1) is 0 Å². The van der Waals surface area contributed by atoms with E-state index < -0.39 is 31.2 Å². The quantitative estimate of drug-likeness (QED) is 0.166. The summed E-state index contributed by atoms with van der Waals surface area (Å²) in [7, 11) is -14.0. The molecule has 0 aliphatic rings. The van der Waals surface area contributed by atoms with Gasteiger partial charge >= 0.3 is 31.2 Å². The predicted octanol–water partition coefficient (Wildman–Crippen LogP) is -2.72.